The molecule has 9 nitrogen and oxygen atoms in total. The lowest BCUT2D eigenvalue weighted by Crippen LogP contribution is -2.38. The SMILES string of the molecule is COc1ccc(Cc2nc(NCC3CCN(C(C)=O)CC3)c(CCCOCc3ccccc3)c3c4ccccc4n(C(=O)OC(C)(C)C)c23)cc1F. The minimum Gasteiger partial charge on any atom is -0.494 e. The summed E-state index contributed by atoms with van der Waals surface area (Å²) in [6.07, 6.45) is 2.93. The molecule has 0 saturated carbocycles. The zero-order valence-electron chi connectivity index (χ0n) is 30.8. The van der Waals surface area contributed by atoms with Gasteiger partial charge in [-0.15, -0.1) is 0 Å². The van der Waals surface area contributed by atoms with Crippen molar-refractivity contribution in [3.63, 3.8) is 0 Å². The smallest absolute Gasteiger partial charge is 0.419 e. The number of ether oxygens (including phenoxy) is 3. The van der Waals surface area contributed by atoms with E-state index in [0.29, 0.717) is 54.4 Å². The molecule has 2 aromatic heterocycles. The molecule has 0 aliphatic carbocycles. The number of rotatable bonds is 12. The Hall–Kier alpha value is -4.96. The third-order valence-corrected chi connectivity index (χ3v) is 9.59. The number of hydrogen-bond donors (Lipinski definition) is 1. The average molecular weight is 709 g/mol. The summed E-state index contributed by atoms with van der Waals surface area (Å²) in [4.78, 5) is 33.3. The first-order valence-electron chi connectivity index (χ1n) is 18.1. The van der Waals surface area contributed by atoms with Crippen LogP contribution in [0.3, 0.4) is 0 Å². The molecule has 0 spiro atoms. The first-order valence-corrected chi connectivity index (χ1v) is 18.1. The van der Waals surface area contributed by atoms with Crippen LogP contribution in [0.25, 0.3) is 21.8 Å². The normalized spacial score (nSPS) is 13.8. The van der Waals surface area contributed by atoms with Gasteiger partial charge in [-0.2, -0.15) is 0 Å². The van der Waals surface area contributed by atoms with E-state index in [-0.39, 0.29) is 18.1 Å². The van der Waals surface area contributed by atoms with Crippen molar-refractivity contribution in [1.29, 1.82) is 0 Å². The molecule has 1 aliphatic heterocycles. The first kappa shape index (κ1) is 36.8. The molecular weight excluding hydrogens is 659 g/mol. The average Bonchev–Trinajstić information content (AvgIpc) is 3.47. The van der Waals surface area contributed by atoms with E-state index in [1.807, 2.05) is 74.2 Å². The summed E-state index contributed by atoms with van der Waals surface area (Å²) in [6.45, 7) is 10.4. The van der Waals surface area contributed by atoms with E-state index in [9.17, 15) is 9.59 Å². The van der Waals surface area contributed by atoms with Gasteiger partial charge in [0.2, 0.25) is 5.91 Å². The number of hydrogen-bond acceptors (Lipinski definition) is 7. The van der Waals surface area contributed by atoms with Crippen LogP contribution in [0.15, 0.2) is 72.8 Å². The standard InChI is InChI=1S/C42H49FN4O5/c1-28(48)46-21-19-29(20-22-46)26-44-40-33(15-11-23-51-27-30-12-7-6-8-13-30)38-32-14-9-10-16-36(32)47(41(49)52-42(2,3)4)39(38)35(45-40)25-31-17-18-37(50-5)34(43)24-31/h6-10,12-14,16-18,24,29H,11,15,19-23,25-27H2,1-5H3,(H,44,45). The summed E-state index contributed by atoms with van der Waals surface area (Å²) in [5.41, 5.74) is 4.04. The van der Waals surface area contributed by atoms with Crippen LogP contribution in [0.5, 0.6) is 5.75 Å². The molecule has 6 rings (SSSR count). The van der Waals surface area contributed by atoms with Crippen LogP contribution in [0.1, 0.15) is 69.3 Å². The second kappa shape index (κ2) is 16.2. The van der Waals surface area contributed by atoms with Crippen LogP contribution in [-0.2, 0) is 33.7 Å². The molecule has 0 unspecified atom stereocenters. The molecule has 0 atom stereocenters. The van der Waals surface area contributed by atoms with Crippen LogP contribution in [-0.4, -0.2) is 65.4 Å². The lowest BCUT2D eigenvalue weighted by atomic mass is 9.96. The number of fused-ring (bicyclic) bond motifs is 3. The highest BCUT2D eigenvalue weighted by molar-refractivity contribution is 6.15. The minimum absolute atomic E-state index is 0.108. The molecule has 1 saturated heterocycles. The van der Waals surface area contributed by atoms with E-state index in [1.54, 1.807) is 17.6 Å². The van der Waals surface area contributed by atoms with Gasteiger partial charge in [0.25, 0.3) is 0 Å². The molecular formula is C42H49FN4O5. The maximum absolute atomic E-state index is 15.0. The fourth-order valence-corrected chi connectivity index (χ4v) is 7.02. The summed E-state index contributed by atoms with van der Waals surface area (Å²) >= 11 is 0. The van der Waals surface area contributed by atoms with Gasteiger partial charge >= 0.3 is 6.09 Å². The summed E-state index contributed by atoms with van der Waals surface area (Å²) in [5, 5.41) is 5.53. The van der Waals surface area contributed by atoms with Crippen molar-refractivity contribution in [2.75, 3.05) is 38.7 Å². The molecule has 10 heteroatoms. The topological polar surface area (TPSA) is 94.9 Å². The van der Waals surface area contributed by atoms with Crippen molar-refractivity contribution in [2.24, 2.45) is 5.92 Å². The highest BCUT2D eigenvalue weighted by atomic mass is 19.1. The second-order valence-corrected chi connectivity index (χ2v) is 14.6. The van der Waals surface area contributed by atoms with Gasteiger partial charge < -0.3 is 24.4 Å². The van der Waals surface area contributed by atoms with Gasteiger partial charge in [0, 0.05) is 55.9 Å². The van der Waals surface area contributed by atoms with Gasteiger partial charge in [0.15, 0.2) is 11.6 Å². The molecule has 1 amide bonds. The largest absolute Gasteiger partial charge is 0.494 e. The Morgan fingerprint density at radius 2 is 1.71 bits per heavy atom. The third-order valence-electron chi connectivity index (χ3n) is 9.59. The molecule has 3 aromatic carbocycles. The quantitative estimate of drug-likeness (QED) is 0.130. The molecule has 274 valence electrons. The highest BCUT2D eigenvalue weighted by Gasteiger charge is 2.28. The summed E-state index contributed by atoms with van der Waals surface area (Å²) in [7, 11) is 1.44. The van der Waals surface area contributed by atoms with Gasteiger partial charge in [-0.05, 0) is 81.7 Å². The fraction of sp³-hybridized carbons (Fsp3) is 0.405. The molecule has 0 bridgehead atoms. The number of aryl methyl sites for hydroxylation is 1. The Morgan fingerprint density at radius 3 is 2.40 bits per heavy atom. The van der Waals surface area contributed by atoms with Crippen molar-refractivity contribution in [2.45, 2.75) is 72.0 Å². The van der Waals surface area contributed by atoms with E-state index in [2.05, 4.69) is 17.4 Å². The maximum atomic E-state index is 15.0. The summed E-state index contributed by atoms with van der Waals surface area (Å²) in [6, 6.07) is 22.9. The number of carbonyl (C=O) groups is 2. The Labute approximate surface area is 305 Å². The number of nitrogens with one attached hydrogen (secondary N) is 1. The van der Waals surface area contributed by atoms with Crippen LogP contribution >= 0.6 is 0 Å². The Kier molecular flexibility index (Phi) is 11.4. The second-order valence-electron chi connectivity index (χ2n) is 14.6. The van der Waals surface area contributed by atoms with Crippen LogP contribution < -0.4 is 10.1 Å². The van der Waals surface area contributed by atoms with Crippen LogP contribution in [0.4, 0.5) is 15.0 Å². The number of aromatic nitrogens is 2. The summed E-state index contributed by atoms with van der Waals surface area (Å²) in [5.74, 6) is 0.897. The molecule has 3 heterocycles. The Morgan fingerprint density at radius 1 is 0.981 bits per heavy atom. The number of halogens is 1. The van der Waals surface area contributed by atoms with E-state index in [4.69, 9.17) is 19.2 Å². The highest BCUT2D eigenvalue weighted by Crippen LogP contribution is 2.39. The van der Waals surface area contributed by atoms with Crippen LogP contribution in [0, 0.1) is 11.7 Å². The van der Waals surface area contributed by atoms with Gasteiger partial charge in [0.05, 0.1) is 30.4 Å². The van der Waals surface area contributed by atoms with E-state index < -0.39 is 17.5 Å². The van der Waals surface area contributed by atoms with Crippen molar-refractivity contribution < 1.29 is 28.2 Å². The van der Waals surface area contributed by atoms with Crippen molar-refractivity contribution in [3.05, 3.63) is 101 Å². The maximum Gasteiger partial charge on any atom is 0.419 e. The molecule has 0 radical (unpaired) electrons. The monoisotopic (exact) mass is 708 g/mol. The number of anilines is 1. The zero-order chi connectivity index (χ0) is 36.8. The van der Waals surface area contributed by atoms with Gasteiger partial charge in [0.1, 0.15) is 11.4 Å². The number of piperidine rings is 1. The minimum atomic E-state index is -0.736. The third kappa shape index (κ3) is 8.56. The van der Waals surface area contributed by atoms with E-state index >= 15 is 4.39 Å². The summed E-state index contributed by atoms with van der Waals surface area (Å²) < 4.78 is 33.9. The predicted octanol–water partition coefficient (Wildman–Crippen LogP) is 8.53. The van der Waals surface area contributed by atoms with Crippen molar-refractivity contribution in [3.8, 4) is 5.75 Å². The Bertz CT molecular complexity index is 2030. The number of benzene rings is 3. The zero-order valence-corrected chi connectivity index (χ0v) is 30.8. The number of nitrogens with zero attached hydrogens (tertiary/aromatic N) is 3. The number of para-hydroxylation sites is 1. The van der Waals surface area contributed by atoms with Gasteiger partial charge in [-0.1, -0.05) is 54.6 Å². The fourth-order valence-electron chi connectivity index (χ4n) is 7.02. The number of likely N-dealkylation sites (tertiary alicyclic amines) is 1. The van der Waals surface area contributed by atoms with Crippen LogP contribution in [0.2, 0.25) is 0 Å². The molecule has 1 aliphatic rings. The predicted molar refractivity (Wildman–Crippen MR) is 203 cm³/mol. The molecule has 1 fully saturated rings. The molecule has 1 N–H and O–H groups in total. The molecule has 5 aromatic rings. The lowest BCUT2D eigenvalue weighted by molar-refractivity contribution is -0.130. The van der Waals surface area contributed by atoms with Gasteiger partial charge in [-0.25, -0.2) is 18.7 Å². The van der Waals surface area contributed by atoms with Gasteiger partial charge in [-0.3, -0.25) is 4.79 Å². The first-order chi connectivity index (χ1) is 25.0. The number of carbonyl (C=O) groups excluding carboxylic acids is 2. The van der Waals surface area contributed by atoms with Crippen molar-refractivity contribution >= 4 is 39.6 Å². The number of amides is 1. The van der Waals surface area contributed by atoms with Crippen molar-refractivity contribution in [1.82, 2.24) is 14.5 Å². The number of pyridine rings is 1. The lowest BCUT2D eigenvalue weighted by Gasteiger charge is -2.31. The Balaban J connectivity index is 1.45. The van der Waals surface area contributed by atoms with E-state index in [0.717, 1.165) is 60.1 Å². The van der Waals surface area contributed by atoms with E-state index in [1.165, 1.54) is 13.2 Å². The molecule has 52 heavy (non-hydrogen) atoms. The number of methoxy groups -OCH3 is 1.